The summed E-state index contributed by atoms with van der Waals surface area (Å²) in [6, 6.07) is 5.76. The lowest BCUT2D eigenvalue weighted by Crippen LogP contribution is -2.50. The van der Waals surface area contributed by atoms with Gasteiger partial charge in [-0.25, -0.2) is 14.2 Å². The first-order valence-electron chi connectivity index (χ1n) is 11.3. The molecule has 0 aliphatic heterocycles. The second kappa shape index (κ2) is 9.54. The minimum atomic E-state index is -1.15. The van der Waals surface area contributed by atoms with E-state index in [0.29, 0.717) is 5.69 Å². The quantitative estimate of drug-likeness (QED) is 0.321. The Hall–Kier alpha value is -3.89. The number of nitrogens with one attached hydrogen (secondary N) is 3. The number of amides is 2. The zero-order valence-electron chi connectivity index (χ0n) is 19.0. The Morgan fingerprint density at radius 1 is 1.29 bits per heavy atom. The van der Waals surface area contributed by atoms with Crippen LogP contribution < -0.4 is 21.7 Å². The van der Waals surface area contributed by atoms with Crippen LogP contribution in [-0.2, 0) is 6.54 Å². The van der Waals surface area contributed by atoms with Gasteiger partial charge in [0.1, 0.15) is 5.82 Å². The molecule has 3 aromatic rings. The predicted octanol–water partition coefficient (Wildman–Crippen LogP) is 3.67. The number of anilines is 3. The number of rotatable bonds is 9. The Labute approximate surface area is 195 Å². The van der Waals surface area contributed by atoms with Gasteiger partial charge in [0.25, 0.3) is 5.91 Å². The molecule has 0 saturated heterocycles. The van der Waals surface area contributed by atoms with Crippen molar-refractivity contribution in [3.8, 4) is 0 Å². The van der Waals surface area contributed by atoms with Crippen molar-refractivity contribution < 1.29 is 19.1 Å². The van der Waals surface area contributed by atoms with Crippen molar-refractivity contribution in [3.63, 3.8) is 0 Å². The molecule has 6 N–H and O–H groups in total. The number of hydrogen-bond acceptors (Lipinski definition) is 6. The molecule has 11 heteroatoms. The third kappa shape index (κ3) is 4.73. The fourth-order valence-corrected chi connectivity index (χ4v) is 4.32. The number of aryl methyl sites for hydroxylation is 1. The normalized spacial score (nSPS) is 15.4. The van der Waals surface area contributed by atoms with Gasteiger partial charge < -0.3 is 26.8 Å². The van der Waals surface area contributed by atoms with Crippen LogP contribution in [0.5, 0.6) is 0 Å². The highest BCUT2D eigenvalue weighted by Crippen LogP contribution is 2.34. The molecule has 2 heterocycles. The molecule has 34 heavy (non-hydrogen) atoms. The molecule has 0 bridgehead atoms. The minimum Gasteiger partial charge on any atom is -0.465 e. The van der Waals surface area contributed by atoms with E-state index in [1.165, 1.54) is 0 Å². The van der Waals surface area contributed by atoms with E-state index >= 15 is 0 Å². The van der Waals surface area contributed by atoms with E-state index in [9.17, 15) is 14.0 Å². The van der Waals surface area contributed by atoms with Crippen LogP contribution in [0.3, 0.4) is 0 Å². The molecule has 0 unspecified atom stereocenters. The van der Waals surface area contributed by atoms with E-state index in [1.54, 1.807) is 13.1 Å². The summed E-state index contributed by atoms with van der Waals surface area (Å²) in [5.41, 5.74) is 6.99. The van der Waals surface area contributed by atoms with Crippen LogP contribution in [0.1, 0.15) is 43.5 Å². The Bertz CT molecular complexity index is 1220. The molecule has 1 fully saturated rings. The second-order valence-electron chi connectivity index (χ2n) is 8.54. The summed E-state index contributed by atoms with van der Waals surface area (Å²) in [6.07, 6.45) is 3.43. The topological polar surface area (TPSA) is 147 Å². The van der Waals surface area contributed by atoms with Gasteiger partial charge in [-0.1, -0.05) is 6.42 Å². The van der Waals surface area contributed by atoms with Gasteiger partial charge in [-0.3, -0.25) is 9.48 Å². The highest BCUT2D eigenvalue weighted by molar-refractivity contribution is 5.99. The fraction of sp³-hybridized carbons (Fsp3) is 0.391. The Balaban J connectivity index is 1.66. The molecule has 1 aromatic carbocycles. The van der Waals surface area contributed by atoms with Gasteiger partial charge >= 0.3 is 6.09 Å². The number of carbonyl (C=O) groups is 2. The molecular formula is C23H28FN7O3. The van der Waals surface area contributed by atoms with E-state index in [-0.39, 0.29) is 29.2 Å². The summed E-state index contributed by atoms with van der Waals surface area (Å²) in [5.74, 6) is -1.37. The number of carbonyl (C=O) groups excluding carboxylic acids is 1. The zero-order chi connectivity index (χ0) is 24.4. The standard InChI is InChI=1S/C23H28FN7O3/c1-3-31-18-8-7-15(9-14(18)11-26-31)28-21-16(20(25)32)10-17(24)22(30-21)29-19(13-5-4-6-13)12(2)27-23(33)34/h7-13,19,27H,3-6H2,1-2H3,(H2,25,32)(H,33,34)(H2,28,29,30)/t12-,19+/m0/s1. The maximum Gasteiger partial charge on any atom is 0.404 e. The van der Waals surface area contributed by atoms with Gasteiger partial charge in [0.05, 0.1) is 23.3 Å². The molecule has 2 aromatic heterocycles. The maximum atomic E-state index is 14.9. The average Bonchev–Trinajstić information content (AvgIpc) is 3.15. The first-order valence-corrected chi connectivity index (χ1v) is 11.3. The van der Waals surface area contributed by atoms with Crippen molar-refractivity contribution in [1.29, 1.82) is 0 Å². The Morgan fingerprint density at radius 2 is 2.06 bits per heavy atom. The van der Waals surface area contributed by atoms with Crippen molar-refractivity contribution in [1.82, 2.24) is 20.1 Å². The van der Waals surface area contributed by atoms with Crippen molar-refractivity contribution in [2.75, 3.05) is 10.6 Å². The number of hydrogen-bond donors (Lipinski definition) is 5. The van der Waals surface area contributed by atoms with E-state index in [1.807, 2.05) is 29.8 Å². The van der Waals surface area contributed by atoms with Crippen LogP contribution in [0.4, 0.5) is 26.5 Å². The van der Waals surface area contributed by atoms with Crippen LogP contribution in [0.2, 0.25) is 0 Å². The van der Waals surface area contributed by atoms with Gasteiger partial charge in [0, 0.05) is 23.7 Å². The van der Waals surface area contributed by atoms with E-state index in [0.717, 1.165) is 42.8 Å². The fourth-order valence-electron chi connectivity index (χ4n) is 4.32. The summed E-state index contributed by atoms with van der Waals surface area (Å²) in [7, 11) is 0. The monoisotopic (exact) mass is 469 g/mol. The third-order valence-corrected chi connectivity index (χ3v) is 6.30. The lowest BCUT2D eigenvalue weighted by atomic mass is 9.77. The first-order chi connectivity index (χ1) is 16.3. The minimum absolute atomic E-state index is 0.0803. The van der Waals surface area contributed by atoms with E-state index in [4.69, 9.17) is 10.8 Å². The van der Waals surface area contributed by atoms with E-state index < -0.39 is 23.9 Å². The molecule has 0 radical (unpaired) electrons. The highest BCUT2D eigenvalue weighted by Gasteiger charge is 2.33. The number of nitrogens with two attached hydrogens (primary N) is 1. The molecule has 0 spiro atoms. The van der Waals surface area contributed by atoms with Crippen LogP contribution >= 0.6 is 0 Å². The zero-order valence-corrected chi connectivity index (χ0v) is 19.0. The van der Waals surface area contributed by atoms with Crippen molar-refractivity contribution >= 4 is 40.2 Å². The summed E-state index contributed by atoms with van der Waals surface area (Å²) in [4.78, 5) is 27.5. The number of carboxylic acid groups (broad SMARTS) is 1. The first kappa shape index (κ1) is 23.3. The van der Waals surface area contributed by atoms with Gasteiger partial charge in [-0.05, 0) is 56.9 Å². The number of halogens is 1. The molecule has 1 aliphatic rings. The number of aromatic nitrogens is 3. The van der Waals surface area contributed by atoms with Crippen LogP contribution in [-0.4, -0.2) is 44.0 Å². The lowest BCUT2D eigenvalue weighted by molar-refractivity contribution is 0.1000. The molecular weight excluding hydrogens is 441 g/mol. The molecule has 2 amide bonds. The largest absolute Gasteiger partial charge is 0.465 e. The highest BCUT2D eigenvalue weighted by atomic mass is 19.1. The van der Waals surface area contributed by atoms with Crippen LogP contribution in [0.25, 0.3) is 10.9 Å². The number of nitrogens with zero attached hydrogens (tertiary/aromatic N) is 3. The summed E-state index contributed by atoms with van der Waals surface area (Å²) in [6.45, 7) is 4.46. The lowest BCUT2D eigenvalue weighted by Gasteiger charge is -2.38. The maximum absolute atomic E-state index is 14.9. The average molecular weight is 470 g/mol. The van der Waals surface area contributed by atoms with Gasteiger partial charge in [0.15, 0.2) is 11.6 Å². The molecule has 180 valence electrons. The summed E-state index contributed by atoms with van der Waals surface area (Å²) >= 11 is 0. The second-order valence-corrected chi connectivity index (χ2v) is 8.54. The van der Waals surface area contributed by atoms with Crippen molar-refractivity contribution in [3.05, 3.63) is 41.8 Å². The number of primary amides is 1. The van der Waals surface area contributed by atoms with Crippen LogP contribution in [0, 0.1) is 11.7 Å². The van der Waals surface area contributed by atoms with Gasteiger partial charge in [-0.2, -0.15) is 5.10 Å². The Kier molecular flexibility index (Phi) is 6.53. The van der Waals surface area contributed by atoms with Gasteiger partial charge in [0.2, 0.25) is 0 Å². The smallest absolute Gasteiger partial charge is 0.404 e. The SMILES string of the molecule is CCn1ncc2cc(Nc3nc(N[C@@H](C4CCC4)[C@H](C)NC(=O)O)c(F)cc3C(N)=O)ccc21. The number of fused-ring (bicyclic) bond motifs is 1. The molecule has 2 atom stereocenters. The van der Waals surface area contributed by atoms with Gasteiger partial charge in [-0.15, -0.1) is 0 Å². The third-order valence-electron chi connectivity index (χ3n) is 6.30. The van der Waals surface area contributed by atoms with Crippen LogP contribution in [0.15, 0.2) is 30.5 Å². The van der Waals surface area contributed by atoms with Crippen molar-refractivity contribution in [2.24, 2.45) is 11.7 Å². The summed E-state index contributed by atoms with van der Waals surface area (Å²) < 4.78 is 16.8. The number of pyridine rings is 1. The summed E-state index contributed by atoms with van der Waals surface area (Å²) in [5, 5.41) is 22.9. The van der Waals surface area contributed by atoms with E-state index in [2.05, 4.69) is 26.0 Å². The number of benzene rings is 1. The molecule has 4 rings (SSSR count). The van der Waals surface area contributed by atoms with Crippen molar-refractivity contribution in [2.45, 2.75) is 51.7 Å². The predicted molar refractivity (Wildman–Crippen MR) is 127 cm³/mol. The molecule has 10 nitrogen and oxygen atoms in total. The Morgan fingerprint density at radius 3 is 2.68 bits per heavy atom. The molecule has 1 aliphatic carbocycles. The molecule has 1 saturated carbocycles.